The largest absolute Gasteiger partial charge is 0.383 e. The summed E-state index contributed by atoms with van der Waals surface area (Å²) in [5.74, 6) is -2.41. The quantitative estimate of drug-likeness (QED) is 0.657. The zero-order chi connectivity index (χ0) is 20.1. The van der Waals surface area contributed by atoms with Gasteiger partial charge in [0.25, 0.3) is 0 Å². The predicted molar refractivity (Wildman–Crippen MR) is 99.5 cm³/mol. The third-order valence-corrected chi connectivity index (χ3v) is 4.77. The van der Waals surface area contributed by atoms with Gasteiger partial charge in [-0.05, 0) is 24.5 Å². The first-order valence-electron chi connectivity index (χ1n) is 8.81. The maximum Gasteiger partial charge on any atom is 0.137 e. The number of allylic oxidation sites excluding steroid dienone is 1. The lowest BCUT2D eigenvalue weighted by Gasteiger charge is -2.34. The molecule has 4 nitrogen and oxygen atoms in total. The molecule has 1 heterocycles. The first-order valence-corrected chi connectivity index (χ1v) is 8.81. The molecule has 1 aromatic heterocycles. The summed E-state index contributed by atoms with van der Waals surface area (Å²) in [6.45, 7) is 1.68. The van der Waals surface area contributed by atoms with Gasteiger partial charge in [-0.1, -0.05) is 43.3 Å². The van der Waals surface area contributed by atoms with Gasteiger partial charge in [-0.25, -0.2) is 22.8 Å². The van der Waals surface area contributed by atoms with Crippen LogP contribution in [0.15, 0.2) is 61.2 Å². The third kappa shape index (κ3) is 4.31. The van der Waals surface area contributed by atoms with E-state index < -0.39 is 23.2 Å². The number of benzene rings is 2. The van der Waals surface area contributed by atoms with Crippen LogP contribution in [0, 0.1) is 23.4 Å². The Morgan fingerprint density at radius 2 is 1.93 bits per heavy atom. The fourth-order valence-electron chi connectivity index (χ4n) is 3.11. The molecule has 0 saturated heterocycles. The molecule has 0 aliphatic heterocycles. The highest BCUT2D eigenvalue weighted by molar-refractivity contribution is 5.49. The van der Waals surface area contributed by atoms with Crippen LogP contribution >= 0.6 is 0 Å². The molecule has 0 amide bonds. The second-order valence-electron chi connectivity index (χ2n) is 6.70. The van der Waals surface area contributed by atoms with Crippen LogP contribution in [0.1, 0.15) is 24.5 Å². The second-order valence-corrected chi connectivity index (χ2v) is 6.70. The van der Waals surface area contributed by atoms with Crippen LogP contribution in [0.3, 0.4) is 0 Å². The lowest BCUT2D eigenvalue weighted by molar-refractivity contribution is -0.0379. The summed E-state index contributed by atoms with van der Waals surface area (Å²) in [7, 11) is 0. The van der Waals surface area contributed by atoms with Crippen LogP contribution in [0.2, 0.25) is 0 Å². The Balaban J connectivity index is 1.88. The summed E-state index contributed by atoms with van der Waals surface area (Å²) in [5, 5.41) is 15.4. The second kappa shape index (κ2) is 8.39. The first-order chi connectivity index (χ1) is 13.4. The minimum absolute atomic E-state index is 0.0313. The van der Waals surface area contributed by atoms with Gasteiger partial charge in [0.15, 0.2) is 0 Å². The Hall–Kier alpha value is -2.93. The van der Waals surface area contributed by atoms with Gasteiger partial charge in [-0.3, -0.25) is 0 Å². The number of nitrogens with zero attached hydrogens (tertiary/aromatic N) is 3. The van der Waals surface area contributed by atoms with E-state index in [2.05, 4.69) is 10.1 Å². The fraction of sp³-hybridized carbons (Fsp3) is 0.238. The van der Waals surface area contributed by atoms with E-state index in [1.165, 1.54) is 29.5 Å². The number of aliphatic hydroxyl groups is 1. The maximum absolute atomic E-state index is 14.5. The monoisotopic (exact) mass is 387 g/mol. The zero-order valence-corrected chi connectivity index (χ0v) is 15.3. The fourth-order valence-corrected chi connectivity index (χ4v) is 3.11. The van der Waals surface area contributed by atoms with Crippen molar-refractivity contribution in [2.24, 2.45) is 5.92 Å². The minimum Gasteiger partial charge on any atom is -0.383 e. The van der Waals surface area contributed by atoms with Gasteiger partial charge >= 0.3 is 0 Å². The molecular weight excluding hydrogens is 367 g/mol. The van der Waals surface area contributed by atoms with Gasteiger partial charge in [0.2, 0.25) is 0 Å². The molecule has 0 spiro atoms. The van der Waals surface area contributed by atoms with Crippen LogP contribution in [-0.4, -0.2) is 19.9 Å². The standard InChI is InChI=1S/C21H20F3N3O/c1-15(5-4-7-16-6-2-3-8-19(16)23)21(28,12-27-14-25-13-26-27)18-10-9-17(22)11-20(18)24/h2-4,6-11,13-15,28H,5,12H2,1H3/b7-4+/t15-,21+/m0/s1. The summed E-state index contributed by atoms with van der Waals surface area (Å²) in [6.07, 6.45) is 6.38. The Bertz CT molecular complexity index is 959. The van der Waals surface area contributed by atoms with Crippen LogP contribution < -0.4 is 0 Å². The van der Waals surface area contributed by atoms with Crippen molar-refractivity contribution in [3.63, 3.8) is 0 Å². The molecular formula is C21H20F3N3O. The van der Waals surface area contributed by atoms with Gasteiger partial charge in [-0.15, -0.1) is 0 Å². The first kappa shape index (κ1) is 19.8. The molecule has 2 aromatic carbocycles. The number of hydrogen-bond acceptors (Lipinski definition) is 3. The van der Waals surface area contributed by atoms with Crippen LogP contribution in [0.25, 0.3) is 6.08 Å². The maximum atomic E-state index is 14.5. The van der Waals surface area contributed by atoms with E-state index in [0.29, 0.717) is 12.0 Å². The molecule has 146 valence electrons. The normalized spacial score (nSPS) is 14.9. The van der Waals surface area contributed by atoms with Crippen LogP contribution in [0.5, 0.6) is 0 Å². The van der Waals surface area contributed by atoms with Crippen LogP contribution in [-0.2, 0) is 12.1 Å². The van der Waals surface area contributed by atoms with Crippen molar-refractivity contribution in [3.8, 4) is 0 Å². The molecule has 0 bridgehead atoms. The minimum atomic E-state index is -1.68. The van der Waals surface area contributed by atoms with E-state index >= 15 is 0 Å². The van der Waals surface area contributed by atoms with Crippen molar-refractivity contribution < 1.29 is 18.3 Å². The zero-order valence-electron chi connectivity index (χ0n) is 15.3. The summed E-state index contributed by atoms with van der Waals surface area (Å²) in [5.41, 5.74) is -1.29. The Labute approximate surface area is 161 Å². The van der Waals surface area contributed by atoms with E-state index in [1.807, 2.05) is 0 Å². The SMILES string of the molecule is C[C@@H](C/C=C/c1ccccc1F)[C@](O)(Cn1cncn1)c1ccc(F)cc1F. The molecule has 2 atom stereocenters. The molecule has 3 aromatic rings. The van der Waals surface area contributed by atoms with Crippen LogP contribution in [0.4, 0.5) is 13.2 Å². The highest BCUT2D eigenvalue weighted by Crippen LogP contribution is 2.35. The van der Waals surface area contributed by atoms with Crippen molar-refractivity contribution in [1.82, 2.24) is 14.8 Å². The highest BCUT2D eigenvalue weighted by Gasteiger charge is 2.38. The van der Waals surface area contributed by atoms with Gasteiger partial charge in [0.05, 0.1) is 6.54 Å². The third-order valence-electron chi connectivity index (χ3n) is 4.77. The molecule has 0 unspecified atom stereocenters. The van der Waals surface area contributed by atoms with E-state index in [1.54, 1.807) is 37.3 Å². The smallest absolute Gasteiger partial charge is 0.137 e. The molecule has 7 heteroatoms. The van der Waals surface area contributed by atoms with E-state index in [4.69, 9.17) is 0 Å². The summed E-state index contributed by atoms with van der Waals surface area (Å²) < 4.78 is 42.9. The van der Waals surface area contributed by atoms with Gasteiger partial charge in [0, 0.05) is 17.2 Å². The summed E-state index contributed by atoms with van der Waals surface area (Å²) in [4.78, 5) is 3.84. The number of halogens is 3. The molecule has 0 aliphatic carbocycles. The van der Waals surface area contributed by atoms with Crippen molar-refractivity contribution in [2.45, 2.75) is 25.5 Å². The average molecular weight is 387 g/mol. The Kier molecular flexibility index (Phi) is 5.94. The molecule has 0 radical (unpaired) electrons. The Morgan fingerprint density at radius 1 is 1.14 bits per heavy atom. The number of rotatable bonds is 7. The molecule has 0 saturated carbocycles. The Morgan fingerprint density at radius 3 is 2.61 bits per heavy atom. The molecule has 28 heavy (non-hydrogen) atoms. The highest BCUT2D eigenvalue weighted by atomic mass is 19.1. The predicted octanol–water partition coefficient (Wildman–Crippen LogP) is 4.32. The van der Waals surface area contributed by atoms with Gasteiger partial charge < -0.3 is 5.11 Å². The van der Waals surface area contributed by atoms with Crippen molar-refractivity contribution in [3.05, 3.63) is 89.8 Å². The van der Waals surface area contributed by atoms with Crippen molar-refractivity contribution >= 4 is 6.08 Å². The summed E-state index contributed by atoms with van der Waals surface area (Å²) >= 11 is 0. The molecule has 0 fully saturated rings. The molecule has 1 N–H and O–H groups in total. The topological polar surface area (TPSA) is 50.9 Å². The lowest BCUT2D eigenvalue weighted by Crippen LogP contribution is -2.39. The van der Waals surface area contributed by atoms with E-state index in [9.17, 15) is 18.3 Å². The van der Waals surface area contributed by atoms with E-state index in [0.717, 1.165) is 12.1 Å². The molecule has 0 aliphatic rings. The van der Waals surface area contributed by atoms with Gasteiger partial charge in [-0.2, -0.15) is 5.10 Å². The molecule has 3 rings (SSSR count). The van der Waals surface area contributed by atoms with Crippen molar-refractivity contribution in [2.75, 3.05) is 0 Å². The van der Waals surface area contributed by atoms with Crippen molar-refractivity contribution in [1.29, 1.82) is 0 Å². The lowest BCUT2D eigenvalue weighted by atomic mass is 9.80. The number of aromatic nitrogens is 3. The van der Waals surface area contributed by atoms with Gasteiger partial charge in [0.1, 0.15) is 35.7 Å². The van der Waals surface area contributed by atoms with E-state index in [-0.39, 0.29) is 17.9 Å². The number of hydrogen-bond donors (Lipinski definition) is 1. The average Bonchev–Trinajstić information content (AvgIpc) is 3.15. The summed E-state index contributed by atoms with van der Waals surface area (Å²) in [6, 6.07) is 9.40.